The predicted octanol–water partition coefficient (Wildman–Crippen LogP) is 1.41. The number of H-pyrrole nitrogens is 1. The summed E-state index contributed by atoms with van der Waals surface area (Å²) in [6.07, 6.45) is 0.926. The Morgan fingerprint density at radius 2 is 2.08 bits per heavy atom. The zero-order valence-electron chi connectivity index (χ0n) is 7.76. The van der Waals surface area contributed by atoms with E-state index in [9.17, 15) is 0 Å². The summed E-state index contributed by atoms with van der Waals surface area (Å²) in [7, 11) is 0. The number of benzene rings is 1. The molecule has 0 unspecified atom stereocenters. The van der Waals surface area contributed by atoms with E-state index < -0.39 is 0 Å². The molecule has 1 aromatic heterocycles. The first-order valence-corrected chi connectivity index (χ1v) is 4.32. The van der Waals surface area contributed by atoms with E-state index in [0.29, 0.717) is 0 Å². The quantitative estimate of drug-likeness (QED) is 0.645. The van der Waals surface area contributed by atoms with Gasteiger partial charge in [-0.25, -0.2) is 0 Å². The third-order valence-corrected chi connectivity index (χ3v) is 2.29. The average Bonchev–Trinajstić information content (AvgIpc) is 2.60. The van der Waals surface area contributed by atoms with Gasteiger partial charge in [-0.3, -0.25) is 0 Å². The van der Waals surface area contributed by atoms with Gasteiger partial charge >= 0.3 is 0 Å². The Bertz CT molecular complexity index is 444. The van der Waals surface area contributed by atoms with Gasteiger partial charge in [-0.2, -0.15) is 15.4 Å². The molecule has 0 saturated carbocycles. The lowest BCUT2D eigenvalue weighted by molar-refractivity contribution is 0.958. The zero-order valence-corrected chi connectivity index (χ0v) is 7.76. The standard InChI is InChI=1S/C9H12N4/c1-3-6-4-5(2)8-9(7(6)10)12-13-11-8/h4H,3,10H2,1-2H3,(H,11,12,13). The number of anilines is 1. The molecule has 2 rings (SSSR count). The zero-order chi connectivity index (χ0) is 9.42. The fourth-order valence-corrected chi connectivity index (χ4v) is 1.55. The minimum absolute atomic E-state index is 0.747. The minimum atomic E-state index is 0.747. The Kier molecular flexibility index (Phi) is 1.69. The molecule has 0 radical (unpaired) electrons. The maximum atomic E-state index is 5.92. The molecule has 0 amide bonds. The monoisotopic (exact) mass is 176 g/mol. The summed E-state index contributed by atoms with van der Waals surface area (Å²) in [6.45, 7) is 4.10. The van der Waals surface area contributed by atoms with Crippen molar-refractivity contribution in [1.82, 2.24) is 15.4 Å². The first-order valence-electron chi connectivity index (χ1n) is 4.32. The van der Waals surface area contributed by atoms with Crippen LogP contribution in [0.5, 0.6) is 0 Å². The molecule has 0 fully saturated rings. The van der Waals surface area contributed by atoms with Crippen molar-refractivity contribution in [2.75, 3.05) is 5.73 Å². The number of hydrogen-bond donors (Lipinski definition) is 2. The van der Waals surface area contributed by atoms with Gasteiger partial charge in [-0.05, 0) is 24.5 Å². The maximum Gasteiger partial charge on any atom is 0.136 e. The van der Waals surface area contributed by atoms with Crippen molar-refractivity contribution in [3.8, 4) is 0 Å². The molecule has 0 atom stereocenters. The van der Waals surface area contributed by atoms with Crippen LogP contribution in [-0.4, -0.2) is 15.4 Å². The van der Waals surface area contributed by atoms with Crippen LogP contribution in [0.4, 0.5) is 5.69 Å². The Hall–Kier alpha value is -1.58. The van der Waals surface area contributed by atoms with Crippen LogP contribution in [-0.2, 0) is 6.42 Å². The molecule has 0 aliphatic heterocycles. The van der Waals surface area contributed by atoms with Crippen LogP contribution < -0.4 is 5.73 Å². The fraction of sp³-hybridized carbons (Fsp3) is 0.333. The maximum absolute atomic E-state index is 5.92. The molecule has 0 bridgehead atoms. The lowest BCUT2D eigenvalue weighted by Gasteiger charge is -2.04. The van der Waals surface area contributed by atoms with Gasteiger partial charge in [-0.1, -0.05) is 13.0 Å². The van der Waals surface area contributed by atoms with Gasteiger partial charge in [0.15, 0.2) is 0 Å². The van der Waals surface area contributed by atoms with Gasteiger partial charge in [-0.15, -0.1) is 0 Å². The highest BCUT2D eigenvalue weighted by atomic mass is 15.3. The number of rotatable bonds is 1. The van der Waals surface area contributed by atoms with E-state index in [1.807, 2.05) is 6.92 Å². The Balaban J connectivity index is 2.85. The number of nitrogen functional groups attached to an aromatic ring is 1. The number of hydrogen-bond acceptors (Lipinski definition) is 3. The highest BCUT2D eigenvalue weighted by Crippen LogP contribution is 2.24. The van der Waals surface area contributed by atoms with E-state index in [1.54, 1.807) is 0 Å². The highest BCUT2D eigenvalue weighted by Gasteiger charge is 2.09. The van der Waals surface area contributed by atoms with Crippen molar-refractivity contribution in [2.24, 2.45) is 0 Å². The van der Waals surface area contributed by atoms with Crippen molar-refractivity contribution in [1.29, 1.82) is 0 Å². The number of nitrogens with one attached hydrogen (secondary N) is 1. The largest absolute Gasteiger partial charge is 0.397 e. The number of aromatic amines is 1. The van der Waals surface area contributed by atoms with Crippen molar-refractivity contribution >= 4 is 16.7 Å². The molecule has 2 aromatic rings. The predicted molar refractivity (Wildman–Crippen MR) is 52.4 cm³/mol. The molecule has 1 aromatic carbocycles. The van der Waals surface area contributed by atoms with Gasteiger partial charge in [0, 0.05) is 0 Å². The molecule has 4 heteroatoms. The van der Waals surface area contributed by atoms with Crippen LogP contribution >= 0.6 is 0 Å². The number of aromatic nitrogens is 3. The average molecular weight is 176 g/mol. The Morgan fingerprint density at radius 3 is 2.77 bits per heavy atom. The van der Waals surface area contributed by atoms with E-state index >= 15 is 0 Å². The second-order valence-electron chi connectivity index (χ2n) is 3.14. The van der Waals surface area contributed by atoms with Crippen LogP contribution in [0.2, 0.25) is 0 Å². The molecule has 1 heterocycles. The first kappa shape index (κ1) is 8.04. The minimum Gasteiger partial charge on any atom is -0.397 e. The second kappa shape index (κ2) is 2.73. The van der Waals surface area contributed by atoms with Gasteiger partial charge in [0.2, 0.25) is 0 Å². The Morgan fingerprint density at radius 1 is 1.38 bits per heavy atom. The van der Waals surface area contributed by atoms with Crippen LogP contribution in [0, 0.1) is 6.92 Å². The summed E-state index contributed by atoms with van der Waals surface area (Å²) in [5.41, 5.74) is 10.6. The molecule has 0 saturated heterocycles. The van der Waals surface area contributed by atoms with Crippen molar-refractivity contribution in [2.45, 2.75) is 20.3 Å². The van der Waals surface area contributed by atoms with E-state index in [1.165, 1.54) is 0 Å². The number of aryl methyl sites for hydroxylation is 2. The van der Waals surface area contributed by atoms with Gasteiger partial charge in [0.1, 0.15) is 11.0 Å². The number of nitrogens with zero attached hydrogens (tertiary/aromatic N) is 2. The van der Waals surface area contributed by atoms with Gasteiger partial charge < -0.3 is 5.73 Å². The molecule has 13 heavy (non-hydrogen) atoms. The lowest BCUT2D eigenvalue weighted by Crippen LogP contribution is -1.95. The number of nitrogens with two attached hydrogens (primary N) is 1. The molecule has 3 N–H and O–H groups in total. The smallest absolute Gasteiger partial charge is 0.136 e. The third kappa shape index (κ3) is 1.06. The summed E-state index contributed by atoms with van der Waals surface area (Å²) in [5.74, 6) is 0. The van der Waals surface area contributed by atoms with E-state index in [0.717, 1.165) is 34.3 Å². The second-order valence-corrected chi connectivity index (χ2v) is 3.14. The molecule has 68 valence electrons. The van der Waals surface area contributed by atoms with Crippen LogP contribution in [0.3, 0.4) is 0 Å². The highest BCUT2D eigenvalue weighted by molar-refractivity contribution is 5.90. The molecule has 4 nitrogen and oxygen atoms in total. The van der Waals surface area contributed by atoms with Gasteiger partial charge in [0.05, 0.1) is 5.69 Å². The molecular weight excluding hydrogens is 164 g/mol. The van der Waals surface area contributed by atoms with Crippen LogP contribution in [0.15, 0.2) is 6.07 Å². The van der Waals surface area contributed by atoms with Crippen molar-refractivity contribution in [3.05, 3.63) is 17.2 Å². The lowest BCUT2D eigenvalue weighted by atomic mass is 10.1. The van der Waals surface area contributed by atoms with E-state index in [2.05, 4.69) is 28.4 Å². The SMILES string of the molecule is CCc1cc(C)c2n[nH]nc2c1N. The van der Waals surface area contributed by atoms with Crippen molar-refractivity contribution < 1.29 is 0 Å². The van der Waals surface area contributed by atoms with E-state index in [-0.39, 0.29) is 0 Å². The fourth-order valence-electron chi connectivity index (χ4n) is 1.55. The summed E-state index contributed by atoms with van der Waals surface area (Å²) in [4.78, 5) is 0. The first-order chi connectivity index (χ1) is 6.24. The Labute approximate surface area is 76.1 Å². The normalized spacial score (nSPS) is 10.9. The summed E-state index contributed by atoms with van der Waals surface area (Å²) < 4.78 is 0. The van der Waals surface area contributed by atoms with E-state index in [4.69, 9.17) is 5.73 Å². The topological polar surface area (TPSA) is 67.6 Å². The summed E-state index contributed by atoms with van der Waals surface area (Å²) in [5, 5.41) is 10.7. The molecule has 0 spiro atoms. The molecule has 0 aliphatic rings. The van der Waals surface area contributed by atoms with Crippen LogP contribution in [0.25, 0.3) is 11.0 Å². The molecular formula is C9H12N4. The number of fused-ring (bicyclic) bond motifs is 1. The molecule has 0 aliphatic carbocycles. The van der Waals surface area contributed by atoms with Gasteiger partial charge in [0.25, 0.3) is 0 Å². The summed E-state index contributed by atoms with van der Waals surface area (Å²) in [6, 6.07) is 2.07. The van der Waals surface area contributed by atoms with Crippen LogP contribution in [0.1, 0.15) is 18.1 Å². The summed E-state index contributed by atoms with van der Waals surface area (Å²) >= 11 is 0. The van der Waals surface area contributed by atoms with Crippen molar-refractivity contribution in [3.63, 3.8) is 0 Å². The third-order valence-electron chi connectivity index (χ3n) is 2.29.